The lowest BCUT2D eigenvalue weighted by atomic mass is 10.1. The van der Waals surface area contributed by atoms with Crippen molar-refractivity contribution < 1.29 is 9.53 Å². The van der Waals surface area contributed by atoms with Crippen LogP contribution in [0.25, 0.3) is 0 Å². The van der Waals surface area contributed by atoms with E-state index in [2.05, 4.69) is 35.9 Å². The molecule has 0 unspecified atom stereocenters. The molecular formula is C22H31N3O2S. The van der Waals surface area contributed by atoms with Gasteiger partial charge in [-0.15, -0.1) is 11.3 Å². The van der Waals surface area contributed by atoms with E-state index in [0.717, 1.165) is 60.5 Å². The van der Waals surface area contributed by atoms with E-state index in [1.165, 1.54) is 5.56 Å². The number of hydrogen-bond donors (Lipinski definition) is 0. The first-order valence-corrected chi connectivity index (χ1v) is 11.0. The number of amides is 1. The Bertz CT molecular complexity index is 778. The standard InChI is InChI=1S/C22H31N3O2S/c1-5-27-19-8-6-18(7-9-19)15-24-10-12-25(13-11-24)22(26)21-17(4)23-20(28-21)14-16(2)3/h6-9,16H,5,10-15H2,1-4H3. The summed E-state index contributed by atoms with van der Waals surface area (Å²) < 4.78 is 5.50. The molecule has 1 aromatic heterocycles. The molecule has 2 heterocycles. The third-order valence-electron chi connectivity index (χ3n) is 4.92. The number of ether oxygens (including phenoxy) is 1. The van der Waals surface area contributed by atoms with E-state index in [0.29, 0.717) is 12.5 Å². The predicted molar refractivity (Wildman–Crippen MR) is 114 cm³/mol. The second-order valence-electron chi connectivity index (χ2n) is 7.77. The molecule has 28 heavy (non-hydrogen) atoms. The van der Waals surface area contributed by atoms with Crippen LogP contribution in [0.4, 0.5) is 0 Å². The Morgan fingerprint density at radius 2 is 1.86 bits per heavy atom. The van der Waals surface area contributed by atoms with Crippen LogP contribution in [0.3, 0.4) is 0 Å². The van der Waals surface area contributed by atoms with Crippen LogP contribution in [0.5, 0.6) is 5.75 Å². The fourth-order valence-corrected chi connectivity index (χ4v) is 4.70. The van der Waals surface area contributed by atoms with E-state index in [1.807, 2.05) is 30.9 Å². The average molecular weight is 402 g/mol. The number of carbonyl (C=O) groups is 1. The Kier molecular flexibility index (Phi) is 7.08. The molecule has 0 bridgehead atoms. The highest BCUT2D eigenvalue weighted by Crippen LogP contribution is 2.23. The van der Waals surface area contributed by atoms with E-state index in [9.17, 15) is 4.79 Å². The molecule has 0 N–H and O–H groups in total. The summed E-state index contributed by atoms with van der Waals surface area (Å²) in [4.78, 5) is 22.8. The zero-order valence-corrected chi connectivity index (χ0v) is 18.2. The van der Waals surface area contributed by atoms with Crippen LogP contribution in [-0.2, 0) is 13.0 Å². The quantitative estimate of drug-likeness (QED) is 0.703. The number of aromatic nitrogens is 1. The van der Waals surface area contributed by atoms with Crippen molar-refractivity contribution in [2.24, 2.45) is 5.92 Å². The normalized spacial score (nSPS) is 15.2. The number of thiazole rings is 1. The second kappa shape index (κ2) is 9.52. The van der Waals surface area contributed by atoms with Crippen molar-refractivity contribution in [3.8, 4) is 5.75 Å². The van der Waals surface area contributed by atoms with Gasteiger partial charge in [-0.05, 0) is 37.5 Å². The molecule has 5 nitrogen and oxygen atoms in total. The largest absolute Gasteiger partial charge is 0.494 e. The Morgan fingerprint density at radius 3 is 2.46 bits per heavy atom. The first-order chi connectivity index (χ1) is 13.5. The SMILES string of the molecule is CCOc1ccc(CN2CCN(C(=O)c3sc(CC(C)C)nc3C)CC2)cc1. The Labute approximate surface area is 172 Å². The topological polar surface area (TPSA) is 45.7 Å². The lowest BCUT2D eigenvalue weighted by molar-refractivity contribution is 0.0632. The zero-order valence-electron chi connectivity index (χ0n) is 17.4. The fraction of sp³-hybridized carbons (Fsp3) is 0.545. The number of aryl methyl sites for hydroxylation is 1. The first-order valence-electron chi connectivity index (χ1n) is 10.2. The van der Waals surface area contributed by atoms with Gasteiger partial charge in [0.15, 0.2) is 0 Å². The maximum absolute atomic E-state index is 12.9. The van der Waals surface area contributed by atoms with Crippen LogP contribution >= 0.6 is 11.3 Å². The summed E-state index contributed by atoms with van der Waals surface area (Å²) in [6.45, 7) is 13.2. The maximum Gasteiger partial charge on any atom is 0.265 e. The van der Waals surface area contributed by atoms with Gasteiger partial charge in [-0.3, -0.25) is 9.69 Å². The minimum atomic E-state index is 0.144. The first kappa shape index (κ1) is 20.8. The molecule has 1 aromatic carbocycles. The van der Waals surface area contributed by atoms with Crippen LogP contribution < -0.4 is 4.74 Å². The molecular weight excluding hydrogens is 370 g/mol. The molecule has 1 aliphatic rings. The molecule has 0 atom stereocenters. The van der Waals surface area contributed by atoms with Gasteiger partial charge in [-0.1, -0.05) is 26.0 Å². The van der Waals surface area contributed by atoms with Gasteiger partial charge in [0.1, 0.15) is 10.6 Å². The lowest BCUT2D eigenvalue weighted by Crippen LogP contribution is -2.48. The Hall–Kier alpha value is -1.92. The number of piperazine rings is 1. The molecule has 0 saturated carbocycles. The molecule has 1 saturated heterocycles. The maximum atomic E-state index is 12.9. The van der Waals surface area contributed by atoms with Crippen LogP contribution in [0.1, 0.15) is 46.7 Å². The second-order valence-corrected chi connectivity index (χ2v) is 8.85. The summed E-state index contributed by atoms with van der Waals surface area (Å²) in [7, 11) is 0. The summed E-state index contributed by atoms with van der Waals surface area (Å²) in [5.41, 5.74) is 2.15. The number of benzene rings is 1. The predicted octanol–water partition coefficient (Wildman–Crippen LogP) is 4.01. The number of nitrogens with zero attached hydrogens (tertiary/aromatic N) is 3. The van der Waals surface area contributed by atoms with Gasteiger partial charge in [0.2, 0.25) is 0 Å². The summed E-state index contributed by atoms with van der Waals surface area (Å²) in [6.07, 6.45) is 0.939. The van der Waals surface area contributed by atoms with E-state index in [4.69, 9.17) is 4.74 Å². The molecule has 2 aromatic rings. The molecule has 6 heteroatoms. The third kappa shape index (κ3) is 5.32. The number of rotatable bonds is 7. The number of hydrogen-bond acceptors (Lipinski definition) is 5. The minimum absolute atomic E-state index is 0.144. The summed E-state index contributed by atoms with van der Waals surface area (Å²) in [6, 6.07) is 8.30. The summed E-state index contributed by atoms with van der Waals surface area (Å²) >= 11 is 1.57. The summed E-state index contributed by atoms with van der Waals surface area (Å²) in [5, 5.41) is 1.07. The van der Waals surface area contributed by atoms with Crippen molar-refractivity contribution in [3.05, 3.63) is 45.4 Å². The van der Waals surface area contributed by atoms with Crippen LogP contribution in [0.2, 0.25) is 0 Å². The van der Waals surface area contributed by atoms with Gasteiger partial charge in [0.05, 0.1) is 17.3 Å². The number of carbonyl (C=O) groups excluding carboxylic acids is 1. The zero-order chi connectivity index (χ0) is 20.1. The molecule has 152 valence electrons. The van der Waals surface area contributed by atoms with Gasteiger partial charge in [-0.2, -0.15) is 0 Å². The van der Waals surface area contributed by atoms with Crippen molar-refractivity contribution in [2.45, 2.75) is 40.7 Å². The van der Waals surface area contributed by atoms with Crippen LogP contribution in [0, 0.1) is 12.8 Å². The fourth-order valence-electron chi connectivity index (χ4n) is 3.46. The van der Waals surface area contributed by atoms with E-state index in [-0.39, 0.29) is 5.91 Å². The molecule has 1 aliphatic heterocycles. The van der Waals surface area contributed by atoms with Gasteiger partial charge in [0.25, 0.3) is 5.91 Å². The van der Waals surface area contributed by atoms with Crippen molar-refractivity contribution in [1.29, 1.82) is 0 Å². The van der Waals surface area contributed by atoms with E-state index >= 15 is 0 Å². The van der Waals surface area contributed by atoms with Crippen molar-refractivity contribution in [1.82, 2.24) is 14.8 Å². The molecule has 1 amide bonds. The molecule has 0 aliphatic carbocycles. The van der Waals surface area contributed by atoms with E-state index in [1.54, 1.807) is 11.3 Å². The highest BCUT2D eigenvalue weighted by Gasteiger charge is 2.25. The van der Waals surface area contributed by atoms with E-state index < -0.39 is 0 Å². The highest BCUT2D eigenvalue weighted by atomic mass is 32.1. The van der Waals surface area contributed by atoms with Gasteiger partial charge in [0, 0.05) is 39.1 Å². The molecule has 0 radical (unpaired) electrons. The van der Waals surface area contributed by atoms with Crippen molar-refractivity contribution >= 4 is 17.2 Å². The summed E-state index contributed by atoms with van der Waals surface area (Å²) in [5.74, 6) is 1.61. The van der Waals surface area contributed by atoms with Crippen molar-refractivity contribution in [3.63, 3.8) is 0 Å². The molecule has 1 fully saturated rings. The van der Waals surface area contributed by atoms with Crippen LogP contribution in [0.15, 0.2) is 24.3 Å². The van der Waals surface area contributed by atoms with Crippen LogP contribution in [-0.4, -0.2) is 53.5 Å². The smallest absolute Gasteiger partial charge is 0.265 e. The monoisotopic (exact) mass is 401 g/mol. The van der Waals surface area contributed by atoms with Gasteiger partial charge < -0.3 is 9.64 Å². The average Bonchev–Trinajstić information content (AvgIpc) is 3.03. The van der Waals surface area contributed by atoms with Gasteiger partial charge in [-0.25, -0.2) is 4.98 Å². The molecule has 3 rings (SSSR count). The third-order valence-corrected chi connectivity index (χ3v) is 6.09. The Balaban J connectivity index is 1.53. The minimum Gasteiger partial charge on any atom is -0.494 e. The lowest BCUT2D eigenvalue weighted by Gasteiger charge is -2.34. The highest BCUT2D eigenvalue weighted by molar-refractivity contribution is 7.13. The molecule has 0 spiro atoms. The van der Waals surface area contributed by atoms with Crippen molar-refractivity contribution in [2.75, 3.05) is 32.8 Å². The Morgan fingerprint density at radius 1 is 1.18 bits per heavy atom. The van der Waals surface area contributed by atoms with Gasteiger partial charge >= 0.3 is 0 Å².